The number of benzene rings is 1. The molecule has 0 atom stereocenters. The van der Waals surface area contributed by atoms with Gasteiger partial charge in [0.25, 0.3) is 11.8 Å². The van der Waals surface area contributed by atoms with Crippen LogP contribution in [0.2, 0.25) is 0 Å². The first kappa shape index (κ1) is 14.1. The largest absolute Gasteiger partial charge is 0.336 e. The molecule has 3 amide bonds. The summed E-state index contributed by atoms with van der Waals surface area (Å²) in [5, 5.41) is 2.03. The molecular formula is C17H14N2O3S. The number of carbonyl (C=O) groups excluding carboxylic acids is 3. The van der Waals surface area contributed by atoms with Crippen LogP contribution in [0.3, 0.4) is 0 Å². The number of thiophene rings is 1. The molecule has 3 heterocycles. The van der Waals surface area contributed by atoms with Crippen molar-refractivity contribution in [3.63, 3.8) is 0 Å². The Morgan fingerprint density at radius 3 is 2.48 bits per heavy atom. The summed E-state index contributed by atoms with van der Waals surface area (Å²) in [6.07, 6.45) is 0.834. The molecule has 0 unspecified atom stereocenters. The lowest BCUT2D eigenvalue weighted by molar-refractivity contribution is -0.132. The van der Waals surface area contributed by atoms with Gasteiger partial charge in [0, 0.05) is 18.0 Å². The minimum atomic E-state index is -0.382. The molecule has 0 bridgehead atoms. The highest BCUT2D eigenvalue weighted by Gasteiger charge is 2.37. The number of rotatable bonds is 2. The van der Waals surface area contributed by atoms with E-state index in [4.69, 9.17) is 0 Å². The Kier molecular flexibility index (Phi) is 3.27. The molecule has 1 aromatic heterocycles. The van der Waals surface area contributed by atoms with Gasteiger partial charge in [-0.25, -0.2) is 0 Å². The van der Waals surface area contributed by atoms with E-state index >= 15 is 0 Å². The highest BCUT2D eigenvalue weighted by Crippen LogP contribution is 2.25. The van der Waals surface area contributed by atoms with Crippen molar-refractivity contribution in [1.29, 1.82) is 0 Å². The van der Waals surface area contributed by atoms with Crippen molar-refractivity contribution in [2.75, 3.05) is 13.1 Å². The van der Waals surface area contributed by atoms with E-state index in [1.165, 1.54) is 4.88 Å². The summed E-state index contributed by atoms with van der Waals surface area (Å²) < 4.78 is 0. The van der Waals surface area contributed by atoms with Crippen LogP contribution in [-0.2, 0) is 17.8 Å². The number of carbonyl (C=O) groups is 3. The Morgan fingerprint density at radius 2 is 1.78 bits per heavy atom. The van der Waals surface area contributed by atoms with Gasteiger partial charge < -0.3 is 4.90 Å². The van der Waals surface area contributed by atoms with Crippen LogP contribution < -0.4 is 0 Å². The molecule has 6 heteroatoms. The molecule has 116 valence electrons. The molecule has 2 aliphatic rings. The van der Waals surface area contributed by atoms with Crippen LogP contribution in [0, 0.1) is 0 Å². The predicted molar refractivity (Wildman–Crippen MR) is 85.2 cm³/mol. The topological polar surface area (TPSA) is 57.7 Å². The lowest BCUT2D eigenvalue weighted by Gasteiger charge is -2.28. The SMILES string of the molecule is O=C(CN1C(=O)c2ccccc2C1=O)N1CCc2sccc2C1. The Morgan fingerprint density at radius 1 is 1.09 bits per heavy atom. The second kappa shape index (κ2) is 5.31. The van der Waals surface area contributed by atoms with E-state index in [1.54, 1.807) is 40.5 Å². The van der Waals surface area contributed by atoms with Gasteiger partial charge in [0.05, 0.1) is 11.1 Å². The van der Waals surface area contributed by atoms with Crippen LogP contribution in [0.15, 0.2) is 35.7 Å². The first-order valence-corrected chi connectivity index (χ1v) is 8.31. The molecule has 0 N–H and O–H groups in total. The lowest BCUT2D eigenvalue weighted by atomic mass is 10.1. The van der Waals surface area contributed by atoms with E-state index in [1.807, 2.05) is 11.4 Å². The molecule has 2 aliphatic heterocycles. The van der Waals surface area contributed by atoms with Gasteiger partial charge in [-0.1, -0.05) is 12.1 Å². The quantitative estimate of drug-likeness (QED) is 0.793. The van der Waals surface area contributed by atoms with Crippen molar-refractivity contribution in [1.82, 2.24) is 9.80 Å². The summed E-state index contributed by atoms with van der Waals surface area (Å²) in [6.45, 7) is 1.00. The molecule has 1 aromatic carbocycles. The molecule has 23 heavy (non-hydrogen) atoms. The van der Waals surface area contributed by atoms with Crippen molar-refractivity contribution in [2.45, 2.75) is 13.0 Å². The molecule has 2 aromatic rings. The Bertz CT molecular complexity index is 792. The number of hydrogen-bond acceptors (Lipinski definition) is 4. The molecule has 0 aliphatic carbocycles. The maximum absolute atomic E-state index is 12.5. The predicted octanol–water partition coefficient (Wildman–Crippen LogP) is 1.93. The first-order valence-electron chi connectivity index (χ1n) is 7.43. The highest BCUT2D eigenvalue weighted by molar-refractivity contribution is 7.10. The van der Waals surface area contributed by atoms with Crippen LogP contribution >= 0.6 is 11.3 Å². The molecule has 0 saturated carbocycles. The van der Waals surface area contributed by atoms with E-state index in [0.29, 0.717) is 24.2 Å². The molecule has 4 rings (SSSR count). The number of hydrogen-bond donors (Lipinski definition) is 0. The Balaban J connectivity index is 1.50. The van der Waals surface area contributed by atoms with Crippen LogP contribution in [0.4, 0.5) is 0 Å². The second-order valence-corrected chi connectivity index (χ2v) is 6.68. The van der Waals surface area contributed by atoms with E-state index < -0.39 is 0 Å². The van der Waals surface area contributed by atoms with Crippen molar-refractivity contribution >= 4 is 29.1 Å². The summed E-state index contributed by atoms with van der Waals surface area (Å²) in [7, 11) is 0. The number of fused-ring (bicyclic) bond motifs is 2. The van der Waals surface area contributed by atoms with Crippen LogP contribution in [-0.4, -0.2) is 40.6 Å². The fraction of sp³-hybridized carbons (Fsp3) is 0.235. The zero-order valence-electron chi connectivity index (χ0n) is 12.3. The van der Waals surface area contributed by atoms with Gasteiger partial charge in [-0.3, -0.25) is 19.3 Å². The fourth-order valence-electron chi connectivity index (χ4n) is 3.08. The highest BCUT2D eigenvalue weighted by atomic mass is 32.1. The molecular weight excluding hydrogens is 312 g/mol. The van der Waals surface area contributed by atoms with Gasteiger partial charge >= 0.3 is 0 Å². The lowest BCUT2D eigenvalue weighted by Crippen LogP contribution is -2.44. The van der Waals surface area contributed by atoms with Crippen molar-refractivity contribution < 1.29 is 14.4 Å². The molecule has 0 radical (unpaired) electrons. The van der Waals surface area contributed by atoms with E-state index in [-0.39, 0.29) is 24.3 Å². The number of amides is 3. The third kappa shape index (κ3) is 2.26. The van der Waals surface area contributed by atoms with Crippen LogP contribution in [0.5, 0.6) is 0 Å². The number of nitrogens with zero attached hydrogens (tertiary/aromatic N) is 2. The minimum Gasteiger partial charge on any atom is -0.336 e. The monoisotopic (exact) mass is 326 g/mol. The smallest absolute Gasteiger partial charge is 0.262 e. The average molecular weight is 326 g/mol. The fourth-order valence-corrected chi connectivity index (χ4v) is 3.97. The zero-order chi connectivity index (χ0) is 16.0. The minimum absolute atomic E-state index is 0.184. The van der Waals surface area contributed by atoms with E-state index in [9.17, 15) is 14.4 Å². The van der Waals surface area contributed by atoms with Crippen molar-refractivity contribution in [3.8, 4) is 0 Å². The summed E-state index contributed by atoms with van der Waals surface area (Å²) in [5.74, 6) is -0.948. The van der Waals surface area contributed by atoms with Gasteiger partial charge in [-0.2, -0.15) is 0 Å². The van der Waals surface area contributed by atoms with E-state index in [0.717, 1.165) is 16.9 Å². The third-order valence-electron chi connectivity index (χ3n) is 4.33. The molecule has 0 spiro atoms. The third-order valence-corrected chi connectivity index (χ3v) is 5.35. The van der Waals surface area contributed by atoms with Gasteiger partial charge in [0.1, 0.15) is 6.54 Å². The average Bonchev–Trinajstić information content (AvgIpc) is 3.13. The summed E-state index contributed by atoms with van der Waals surface area (Å²) in [4.78, 5) is 41.2. The van der Waals surface area contributed by atoms with Gasteiger partial charge in [-0.15, -0.1) is 11.3 Å². The maximum Gasteiger partial charge on any atom is 0.262 e. The number of imide groups is 1. The van der Waals surface area contributed by atoms with Crippen molar-refractivity contribution in [3.05, 3.63) is 57.3 Å². The van der Waals surface area contributed by atoms with Gasteiger partial charge in [0.15, 0.2) is 0 Å². The summed E-state index contributed by atoms with van der Waals surface area (Å²) >= 11 is 1.71. The molecule has 0 fully saturated rings. The van der Waals surface area contributed by atoms with Gasteiger partial charge in [-0.05, 0) is 35.6 Å². The summed E-state index contributed by atoms with van der Waals surface area (Å²) in [6, 6.07) is 8.72. The van der Waals surface area contributed by atoms with Gasteiger partial charge in [0.2, 0.25) is 5.91 Å². The summed E-state index contributed by atoms with van der Waals surface area (Å²) in [5.41, 5.74) is 1.92. The first-order chi connectivity index (χ1) is 11.1. The van der Waals surface area contributed by atoms with Crippen molar-refractivity contribution in [2.24, 2.45) is 0 Å². The molecule has 5 nitrogen and oxygen atoms in total. The zero-order valence-corrected chi connectivity index (χ0v) is 13.1. The Hall–Kier alpha value is -2.47. The standard InChI is InChI=1S/C17H14N2O3S/c20-15(18-7-5-14-11(9-18)6-8-23-14)10-19-16(21)12-3-1-2-4-13(12)17(19)22/h1-4,6,8H,5,7,9-10H2. The maximum atomic E-state index is 12.5. The normalized spacial score (nSPS) is 16.5. The Labute approximate surface area is 137 Å². The van der Waals surface area contributed by atoms with E-state index in [2.05, 4.69) is 0 Å². The van der Waals surface area contributed by atoms with Crippen LogP contribution in [0.25, 0.3) is 0 Å². The molecule has 0 saturated heterocycles. The second-order valence-electron chi connectivity index (χ2n) is 5.68. The van der Waals surface area contributed by atoms with Crippen LogP contribution in [0.1, 0.15) is 31.2 Å².